The first-order chi connectivity index (χ1) is 13.4. The highest BCUT2D eigenvalue weighted by atomic mass is 19.1. The van der Waals surface area contributed by atoms with Gasteiger partial charge in [0.1, 0.15) is 18.8 Å². The van der Waals surface area contributed by atoms with Gasteiger partial charge in [-0.15, -0.1) is 0 Å². The van der Waals surface area contributed by atoms with E-state index in [-0.39, 0.29) is 37.7 Å². The minimum Gasteiger partial charge on any atom is -0.393 e. The number of benzene rings is 1. The van der Waals surface area contributed by atoms with Crippen LogP contribution in [-0.4, -0.2) is 52.0 Å². The molecule has 2 aromatic rings. The number of aliphatic hydroxyl groups is 1. The zero-order chi connectivity index (χ0) is 20.3. The van der Waals surface area contributed by atoms with Crippen LogP contribution in [0.15, 0.2) is 23.0 Å². The van der Waals surface area contributed by atoms with Gasteiger partial charge in [0, 0.05) is 19.0 Å². The van der Waals surface area contributed by atoms with Crippen LogP contribution < -0.4 is 11.0 Å². The van der Waals surface area contributed by atoms with E-state index < -0.39 is 24.7 Å². The van der Waals surface area contributed by atoms with Gasteiger partial charge in [0.25, 0.3) is 0 Å². The van der Waals surface area contributed by atoms with Gasteiger partial charge in [-0.1, -0.05) is 11.8 Å². The van der Waals surface area contributed by atoms with Gasteiger partial charge >= 0.3 is 5.69 Å². The highest BCUT2D eigenvalue weighted by molar-refractivity contribution is 6.00. The Balaban J connectivity index is 1.84. The second-order valence-corrected chi connectivity index (χ2v) is 6.48. The van der Waals surface area contributed by atoms with E-state index in [0.717, 1.165) is 0 Å². The topological polar surface area (TPSA) is 103 Å². The lowest BCUT2D eigenvalue weighted by Crippen LogP contribution is -2.44. The molecule has 2 N–H and O–H groups in total. The number of imidazole rings is 1. The minimum atomic E-state index is -1.43. The van der Waals surface area contributed by atoms with Crippen molar-refractivity contribution >= 4 is 22.8 Å². The Morgan fingerprint density at radius 2 is 2.14 bits per heavy atom. The molecule has 148 valence electrons. The summed E-state index contributed by atoms with van der Waals surface area (Å²) < 4.78 is 20.7. The van der Waals surface area contributed by atoms with Crippen molar-refractivity contribution in [2.24, 2.45) is 7.05 Å². The third-order valence-electron chi connectivity index (χ3n) is 4.51. The second-order valence-electron chi connectivity index (χ2n) is 6.48. The van der Waals surface area contributed by atoms with Gasteiger partial charge < -0.3 is 9.84 Å². The Labute approximate surface area is 159 Å². The molecule has 1 saturated heterocycles. The molecule has 1 fully saturated rings. The summed E-state index contributed by atoms with van der Waals surface area (Å²) in [5.41, 5.74) is 1.46. The van der Waals surface area contributed by atoms with E-state index in [2.05, 4.69) is 17.2 Å². The summed E-state index contributed by atoms with van der Waals surface area (Å²) in [7, 11) is 1.60. The van der Waals surface area contributed by atoms with Crippen molar-refractivity contribution in [1.29, 1.82) is 0 Å². The molecule has 2 heterocycles. The Bertz CT molecular complexity index is 1030. The molecule has 0 aliphatic carbocycles. The molecule has 2 amide bonds. The maximum absolute atomic E-state index is 12.8. The summed E-state index contributed by atoms with van der Waals surface area (Å²) in [6, 6.07) is 4.40. The fraction of sp³-hybridized carbons (Fsp3) is 0.421. The lowest BCUT2D eigenvalue weighted by molar-refractivity contribution is -0.135. The molecule has 1 aromatic carbocycles. The number of ether oxygens (including phenoxy) is 1. The van der Waals surface area contributed by atoms with E-state index in [0.29, 0.717) is 16.6 Å². The Morgan fingerprint density at radius 1 is 1.36 bits per heavy atom. The SMILES string of the molecule is Cn1c(=O)n(C2CCC(=O)NC2=O)c2ccc(C#CCOCC(F)CO)cc21. The van der Waals surface area contributed by atoms with Gasteiger partial charge in [-0.2, -0.15) is 0 Å². The van der Waals surface area contributed by atoms with Gasteiger partial charge in [-0.05, 0) is 24.6 Å². The molecule has 0 bridgehead atoms. The Morgan fingerprint density at radius 3 is 2.86 bits per heavy atom. The molecule has 9 heteroatoms. The van der Waals surface area contributed by atoms with Crippen molar-refractivity contribution in [1.82, 2.24) is 14.5 Å². The molecular weight excluding hydrogens is 369 g/mol. The van der Waals surface area contributed by atoms with Gasteiger partial charge in [0.05, 0.1) is 24.2 Å². The summed E-state index contributed by atoms with van der Waals surface area (Å²) in [5.74, 6) is 4.79. The normalized spacial score (nSPS) is 17.9. The molecule has 8 nitrogen and oxygen atoms in total. The molecule has 1 aliphatic rings. The van der Waals surface area contributed by atoms with Gasteiger partial charge in [-0.25, -0.2) is 9.18 Å². The number of aryl methyl sites for hydroxylation is 1. The number of piperidine rings is 1. The summed E-state index contributed by atoms with van der Waals surface area (Å²) in [6.45, 7) is -0.815. The first-order valence-electron chi connectivity index (χ1n) is 8.78. The van der Waals surface area contributed by atoms with E-state index in [1.807, 2.05) is 0 Å². The fourth-order valence-electron chi connectivity index (χ4n) is 3.10. The van der Waals surface area contributed by atoms with E-state index in [9.17, 15) is 18.8 Å². The van der Waals surface area contributed by atoms with Crippen molar-refractivity contribution in [3.63, 3.8) is 0 Å². The lowest BCUT2D eigenvalue weighted by atomic mass is 10.1. The fourth-order valence-corrected chi connectivity index (χ4v) is 3.10. The number of aliphatic hydroxyl groups excluding tert-OH is 1. The number of nitrogens with zero attached hydrogens (tertiary/aromatic N) is 2. The van der Waals surface area contributed by atoms with Gasteiger partial charge in [0.2, 0.25) is 11.8 Å². The molecular formula is C19H20FN3O5. The third-order valence-corrected chi connectivity index (χ3v) is 4.51. The molecule has 0 saturated carbocycles. The Hall–Kier alpha value is -2.96. The quantitative estimate of drug-likeness (QED) is 0.426. The maximum Gasteiger partial charge on any atom is 0.329 e. The molecule has 1 aromatic heterocycles. The van der Waals surface area contributed by atoms with Crippen LogP contribution in [0.25, 0.3) is 11.0 Å². The van der Waals surface area contributed by atoms with Gasteiger partial charge in [0.15, 0.2) is 0 Å². The average Bonchev–Trinajstić information content (AvgIpc) is 2.92. The predicted molar refractivity (Wildman–Crippen MR) is 98.3 cm³/mol. The molecule has 2 unspecified atom stereocenters. The number of alkyl halides is 1. The van der Waals surface area contributed by atoms with Crippen LogP contribution in [0.1, 0.15) is 24.4 Å². The molecule has 1 aliphatic heterocycles. The van der Waals surface area contributed by atoms with Crippen LogP contribution in [0.2, 0.25) is 0 Å². The summed E-state index contributed by atoms with van der Waals surface area (Å²) in [4.78, 5) is 36.2. The molecule has 28 heavy (non-hydrogen) atoms. The Kier molecular flexibility index (Phi) is 5.92. The predicted octanol–water partition coefficient (Wildman–Crippen LogP) is 0.0162. The molecule has 3 rings (SSSR count). The summed E-state index contributed by atoms with van der Waals surface area (Å²) >= 11 is 0. The van der Waals surface area contributed by atoms with Crippen molar-refractivity contribution in [3.05, 3.63) is 34.2 Å². The minimum absolute atomic E-state index is 0.00860. The molecule has 2 atom stereocenters. The van der Waals surface area contributed by atoms with E-state index in [1.54, 1.807) is 25.2 Å². The first-order valence-corrected chi connectivity index (χ1v) is 8.78. The zero-order valence-electron chi connectivity index (χ0n) is 15.3. The van der Waals surface area contributed by atoms with Crippen molar-refractivity contribution in [3.8, 4) is 11.8 Å². The third kappa shape index (κ3) is 3.98. The second kappa shape index (κ2) is 8.37. The number of hydrogen-bond donors (Lipinski definition) is 2. The zero-order valence-corrected chi connectivity index (χ0v) is 15.3. The maximum atomic E-state index is 12.8. The highest BCUT2D eigenvalue weighted by Gasteiger charge is 2.31. The number of aromatic nitrogens is 2. The standard InChI is InChI=1S/C19H20FN3O5/c1-22-16-9-12(3-2-8-28-11-13(20)10-24)4-5-14(16)23(19(22)27)15-6-7-17(25)21-18(15)26/h4-5,9,13,15,24H,6-8,10-11H2,1H3,(H,21,25,26). The lowest BCUT2D eigenvalue weighted by Gasteiger charge is -2.21. The smallest absolute Gasteiger partial charge is 0.329 e. The largest absolute Gasteiger partial charge is 0.393 e. The number of fused-ring (bicyclic) bond motifs is 1. The van der Waals surface area contributed by atoms with Crippen molar-refractivity contribution in [2.75, 3.05) is 19.8 Å². The highest BCUT2D eigenvalue weighted by Crippen LogP contribution is 2.23. The van der Waals surface area contributed by atoms with Crippen LogP contribution in [-0.2, 0) is 21.4 Å². The summed E-state index contributed by atoms with van der Waals surface area (Å²) in [6.07, 6.45) is -0.982. The number of rotatable bonds is 5. The summed E-state index contributed by atoms with van der Waals surface area (Å²) in [5, 5.41) is 10.8. The van der Waals surface area contributed by atoms with Crippen LogP contribution in [0, 0.1) is 11.8 Å². The number of halogens is 1. The first kappa shape index (κ1) is 19.8. The van der Waals surface area contributed by atoms with Crippen LogP contribution in [0.4, 0.5) is 4.39 Å². The number of carbonyl (C=O) groups is 2. The number of imide groups is 1. The van der Waals surface area contributed by atoms with Crippen LogP contribution in [0.3, 0.4) is 0 Å². The number of hydrogen-bond acceptors (Lipinski definition) is 5. The van der Waals surface area contributed by atoms with Crippen LogP contribution >= 0.6 is 0 Å². The van der Waals surface area contributed by atoms with E-state index in [4.69, 9.17) is 9.84 Å². The van der Waals surface area contributed by atoms with E-state index in [1.165, 1.54) is 9.13 Å². The number of nitrogens with one attached hydrogen (secondary N) is 1. The van der Waals surface area contributed by atoms with Crippen molar-refractivity contribution in [2.45, 2.75) is 25.1 Å². The monoisotopic (exact) mass is 389 g/mol. The van der Waals surface area contributed by atoms with Gasteiger partial charge in [-0.3, -0.25) is 24.0 Å². The van der Waals surface area contributed by atoms with Crippen molar-refractivity contribution < 1.29 is 23.8 Å². The molecule has 0 radical (unpaired) electrons. The van der Waals surface area contributed by atoms with Crippen LogP contribution in [0.5, 0.6) is 0 Å². The average molecular weight is 389 g/mol. The molecule has 0 spiro atoms. The van der Waals surface area contributed by atoms with E-state index >= 15 is 0 Å². The number of carbonyl (C=O) groups excluding carboxylic acids is 2. The number of amides is 2.